The van der Waals surface area contributed by atoms with Crippen LogP contribution < -0.4 is 4.74 Å². The van der Waals surface area contributed by atoms with E-state index in [0.717, 1.165) is 56.0 Å². The molecule has 0 fully saturated rings. The highest BCUT2D eigenvalue weighted by Gasteiger charge is 2.31. The van der Waals surface area contributed by atoms with Crippen LogP contribution in [0, 0.1) is 23.5 Å². The molecular weight excluding hydrogens is 435 g/mol. The van der Waals surface area contributed by atoms with Crippen molar-refractivity contribution in [2.75, 3.05) is 0 Å². The van der Waals surface area contributed by atoms with Gasteiger partial charge in [-0.2, -0.15) is 0 Å². The highest BCUT2D eigenvalue weighted by molar-refractivity contribution is 5.68. The Morgan fingerprint density at radius 1 is 0.848 bits per heavy atom. The minimum absolute atomic E-state index is 0.0180. The van der Waals surface area contributed by atoms with Gasteiger partial charge in [-0.3, -0.25) is 0 Å². The van der Waals surface area contributed by atoms with Crippen LogP contribution in [0.15, 0.2) is 73.3 Å². The molecule has 3 rings (SSSR count). The second-order valence-electron chi connectivity index (χ2n) is 7.34. The molecule has 6 heteroatoms. The van der Waals surface area contributed by atoms with Crippen LogP contribution >= 0.6 is 0 Å². The third kappa shape index (κ3) is 6.95. The molecule has 0 bridgehead atoms. The maximum atomic E-state index is 15.0. The van der Waals surface area contributed by atoms with E-state index in [4.69, 9.17) is 0 Å². The molecule has 0 aliphatic heterocycles. The molecule has 0 spiro atoms. The molecule has 0 aliphatic rings. The van der Waals surface area contributed by atoms with Crippen molar-refractivity contribution in [2.45, 2.75) is 32.0 Å². The van der Waals surface area contributed by atoms with Crippen LogP contribution in [0.25, 0.3) is 11.1 Å². The van der Waals surface area contributed by atoms with Crippen LogP contribution in [-0.2, 0) is 6.42 Å². The number of benzene rings is 3. The molecule has 1 nitrogen and oxygen atoms in total. The predicted octanol–water partition coefficient (Wildman–Crippen LogP) is 7.83. The quantitative estimate of drug-likeness (QED) is 0.152. The summed E-state index contributed by atoms with van der Waals surface area (Å²) in [6.45, 7) is 3.71. The summed E-state index contributed by atoms with van der Waals surface area (Å²) in [7, 11) is 0. The van der Waals surface area contributed by atoms with E-state index in [2.05, 4.69) is 23.2 Å². The zero-order chi connectivity index (χ0) is 23.8. The summed E-state index contributed by atoms with van der Waals surface area (Å²) in [6.07, 6.45) is 1.12. The van der Waals surface area contributed by atoms with Crippen molar-refractivity contribution in [3.05, 3.63) is 102 Å². The summed E-state index contributed by atoms with van der Waals surface area (Å²) in [5.41, 5.74) is 1.55. The summed E-state index contributed by atoms with van der Waals surface area (Å²) in [4.78, 5) is 0. The second kappa shape index (κ2) is 10.8. The molecule has 0 heterocycles. The predicted molar refractivity (Wildman–Crippen MR) is 119 cm³/mol. The molecule has 3 aromatic carbocycles. The molecule has 0 amide bonds. The Kier molecular flexibility index (Phi) is 7.89. The van der Waals surface area contributed by atoms with Crippen LogP contribution in [0.1, 0.15) is 36.0 Å². The normalized spacial score (nSPS) is 10.9. The third-order valence-corrected chi connectivity index (χ3v) is 4.89. The lowest BCUT2D eigenvalue weighted by Gasteiger charge is -2.10. The van der Waals surface area contributed by atoms with Crippen LogP contribution in [0.2, 0.25) is 0 Å². The molecule has 0 aromatic heterocycles. The number of hydrogen-bond acceptors (Lipinski definition) is 1. The van der Waals surface area contributed by atoms with Gasteiger partial charge in [0, 0.05) is 5.56 Å². The van der Waals surface area contributed by atoms with Gasteiger partial charge < -0.3 is 4.74 Å². The molecule has 0 atom stereocenters. The topological polar surface area (TPSA) is 9.23 Å². The van der Waals surface area contributed by atoms with Crippen molar-refractivity contribution >= 4 is 0 Å². The number of halogens is 5. The molecule has 0 unspecified atom stereocenters. The first-order valence-electron chi connectivity index (χ1n) is 10.3. The summed E-state index contributed by atoms with van der Waals surface area (Å²) >= 11 is 0. The Balaban J connectivity index is 1.78. The van der Waals surface area contributed by atoms with Gasteiger partial charge in [-0.05, 0) is 73.2 Å². The first kappa shape index (κ1) is 24.1. The average molecular weight is 456 g/mol. The number of aryl methyl sites for hydroxylation is 1. The molecule has 0 radical (unpaired) electrons. The van der Waals surface area contributed by atoms with Crippen molar-refractivity contribution in [3.63, 3.8) is 0 Å². The standard InChI is InChI=1S/C27H21F5O/c1-2-3-4-5-6-19-7-9-20(10-8-19)11-12-22-15-18-24(28)25(26(22)29)21-13-16-23(17-14-21)33-27(30,31)32/h2,7-10,13-18H,1,3-6H2. The lowest BCUT2D eigenvalue weighted by molar-refractivity contribution is -0.274. The first-order chi connectivity index (χ1) is 15.8. The SMILES string of the molecule is C=CCCCCc1ccc(C#Cc2ccc(F)c(-c3ccc(OC(F)(F)F)cc3)c2F)cc1. The zero-order valence-electron chi connectivity index (χ0n) is 17.7. The highest BCUT2D eigenvalue weighted by Crippen LogP contribution is 2.31. The summed E-state index contributed by atoms with van der Waals surface area (Å²) < 4.78 is 70.1. The number of ether oxygens (including phenoxy) is 1. The number of allylic oxidation sites excluding steroid dienone is 1. The van der Waals surface area contributed by atoms with Crippen molar-refractivity contribution in [1.29, 1.82) is 0 Å². The van der Waals surface area contributed by atoms with Gasteiger partial charge in [-0.25, -0.2) is 8.78 Å². The fraction of sp³-hybridized carbons (Fsp3) is 0.185. The smallest absolute Gasteiger partial charge is 0.406 e. The minimum atomic E-state index is -4.85. The van der Waals surface area contributed by atoms with E-state index in [9.17, 15) is 22.0 Å². The van der Waals surface area contributed by atoms with Crippen LogP contribution in [-0.4, -0.2) is 6.36 Å². The fourth-order valence-electron chi connectivity index (χ4n) is 3.25. The Bertz CT molecular complexity index is 1150. The lowest BCUT2D eigenvalue weighted by atomic mass is 10.0. The van der Waals surface area contributed by atoms with E-state index in [1.54, 1.807) is 0 Å². The van der Waals surface area contributed by atoms with Crippen LogP contribution in [0.5, 0.6) is 5.75 Å². The van der Waals surface area contributed by atoms with E-state index >= 15 is 0 Å². The highest BCUT2D eigenvalue weighted by atomic mass is 19.4. The van der Waals surface area contributed by atoms with Gasteiger partial charge in [0.1, 0.15) is 17.4 Å². The van der Waals surface area contributed by atoms with E-state index in [1.807, 2.05) is 30.3 Å². The van der Waals surface area contributed by atoms with Gasteiger partial charge in [-0.1, -0.05) is 42.2 Å². The summed E-state index contributed by atoms with van der Waals surface area (Å²) in [5.74, 6) is 3.37. The van der Waals surface area contributed by atoms with E-state index in [1.165, 1.54) is 11.6 Å². The second-order valence-corrected chi connectivity index (χ2v) is 7.34. The van der Waals surface area contributed by atoms with E-state index in [-0.39, 0.29) is 16.7 Å². The Morgan fingerprint density at radius 2 is 1.55 bits per heavy atom. The molecule has 170 valence electrons. The number of hydrogen-bond donors (Lipinski definition) is 0. The Hall–Kier alpha value is -3.59. The number of unbranched alkanes of at least 4 members (excludes halogenated alkanes) is 2. The van der Waals surface area contributed by atoms with E-state index in [0.29, 0.717) is 5.56 Å². The third-order valence-electron chi connectivity index (χ3n) is 4.89. The van der Waals surface area contributed by atoms with Crippen molar-refractivity contribution in [1.82, 2.24) is 0 Å². The number of rotatable bonds is 7. The zero-order valence-corrected chi connectivity index (χ0v) is 17.7. The van der Waals surface area contributed by atoms with Gasteiger partial charge in [-0.15, -0.1) is 19.8 Å². The molecule has 0 saturated heterocycles. The Morgan fingerprint density at radius 3 is 2.18 bits per heavy atom. The molecular formula is C27H21F5O. The van der Waals surface area contributed by atoms with Crippen LogP contribution in [0.3, 0.4) is 0 Å². The minimum Gasteiger partial charge on any atom is -0.406 e. The van der Waals surface area contributed by atoms with Gasteiger partial charge in [0.15, 0.2) is 0 Å². The molecule has 33 heavy (non-hydrogen) atoms. The first-order valence-corrected chi connectivity index (χ1v) is 10.3. The van der Waals surface area contributed by atoms with Gasteiger partial charge in [0.2, 0.25) is 0 Å². The van der Waals surface area contributed by atoms with Crippen molar-refractivity contribution in [2.24, 2.45) is 0 Å². The Labute approximate surface area is 189 Å². The van der Waals surface area contributed by atoms with Crippen molar-refractivity contribution in [3.8, 4) is 28.7 Å². The van der Waals surface area contributed by atoms with Crippen molar-refractivity contribution < 1.29 is 26.7 Å². The van der Waals surface area contributed by atoms with Gasteiger partial charge in [0.25, 0.3) is 0 Å². The molecule has 0 N–H and O–H groups in total. The number of alkyl halides is 3. The van der Waals surface area contributed by atoms with Gasteiger partial charge in [0.05, 0.1) is 11.1 Å². The van der Waals surface area contributed by atoms with Crippen LogP contribution in [0.4, 0.5) is 22.0 Å². The molecule has 0 saturated carbocycles. The largest absolute Gasteiger partial charge is 0.573 e. The monoisotopic (exact) mass is 456 g/mol. The summed E-state index contributed by atoms with van der Waals surface area (Å²) in [6, 6.07) is 14.3. The van der Waals surface area contributed by atoms with E-state index < -0.39 is 23.7 Å². The maximum Gasteiger partial charge on any atom is 0.573 e. The molecule has 0 aliphatic carbocycles. The molecule has 3 aromatic rings. The fourth-order valence-corrected chi connectivity index (χ4v) is 3.25. The average Bonchev–Trinajstić information content (AvgIpc) is 2.77. The van der Waals surface area contributed by atoms with Gasteiger partial charge >= 0.3 is 6.36 Å². The summed E-state index contributed by atoms with van der Waals surface area (Å²) in [5, 5.41) is 0. The lowest BCUT2D eigenvalue weighted by Crippen LogP contribution is -2.16. The maximum absolute atomic E-state index is 15.0.